The largest absolute Gasteiger partial charge is 0.456 e. The van der Waals surface area contributed by atoms with Gasteiger partial charge in [-0.05, 0) is 127 Å². The Kier molecular flexibility index (Phi) is 13.3. The second-order valence-electron chi connectivity index (χ2n) is 20.4. The normalized spacial score (nSPS) is 12.3. The summed E-state index contributed by atoms with van der Waals surface area (Å²) in [7, 11) is -7.04. The van der Waals surface area contributed by atoms with Gasteiger partial charge in [0.2, 0.25) is 0 Å². The summed E-state index contributed by atoms with van der Waals surface area (Å²) in [4.78, 5) is 19.0. The van der Waals surface area contributed by atoms with Gasteiger partial charge in [-0.2, -0.15) is 0 Å². The van der Waals surface area contributed by atoms with Crippen molar-refractivity contribution < 1.29 is 13.9 Å². The number of ether oxygens (including phenoxy) is 1. The summed E-state index contributed by atoms with van der Waals surface area (Å²) < 4.78 is 38.9. The molecule has 0 aliphatic rings. The first kappa shape index (κ1) is 51.0. The molecule has 9 heteroatoms. The van der Waals surface area contributed by atoms with Crippen LogP contribution in [-0.2, 0) is 9.13 Å². The first-order chi connectivity index (χ1) is 40.9. The Morgan fingerprint density at radius 1 is 0.253 bits per heavy atom. The molecule has 0 spiro atoms. The van der Waals surface area contributed by atoms with E-state index in [4.69, 9.17) is 19.7 Å². The SMILES string of the molecule is O=P(c1ccccc1)(c1ccccc1)c1ccccc1Oc1ccccc1P(=O)(c1ccccc1)c1ccc(-c2ccnc(-c3ccc(-c4ccc5c6ccc(-c7ccc(-c8ccccn8)nc7)cc6c6ccccc6c5c4)cn3)c2)cc1. The van der Waals surface area contributed by atoms with E-state index >= 15 is 9.13 Å². The van der Waals surface area contributed by atoms with Gasteiger partial charge in [0.15, 0.2) is 14.3 Å². The maximum Gasteiger partial charge on any atom is 0.174 e. The topological polar surface area (TPSA) is 94.9 Å². The summed E-state index contributed by atoms with van der Waals surface area (Å²) in [5.74, 6) is 0.839. The maximum absolute atomic E-state index is 16.3. The molecule has 10 aromatic carbocycles. The van der Waals surface area contributed by atoms with Crippen molar-refractivity contribution in [2.45, 2.75) is 0 Å². The van der Waals surface area contributed by atoms with Crippen LogP contribution in [0.2, 0.25) is 0 Å². The summed E-state index contributed by atoms with van der Waals surface area (Å²) in [6.07, 6.45) is 7.45. The average Bonchev–Trinajstić information content (AvgIpc) is 3.75. The lowest BCUT2D eigenvalue weighted by Gasteiger charge is -2.25. The van der Waals surface area contributed by atoms with Crippen LogP contribution in [-0.4, -0.2) is 19.9 Å². The minimum Gasteiger partial charge on any atom is -0.456 e. The van der Waals surface area contributed by atoms with Crippen molar-refractivity contribution in [1.29, 1.82) is 0 Å². The third kappa shape index (κ3) is 9.42. The van der Waals surface area contributed by atoms with Gasteiger partial charge in [-0.25, -0.2) is 0 Å². The van der Waals surface area contributed by atoms with Crippen LogP contribution in [0, 0.1) is 0 Å². The predicted molar refractivity (Wildman–Crippen MR) is 343 cm³/mol. The summed E-state index contributed by atoms with van der Waals surface area (Å²) in [5.41, 5.74) is 9.29. The van der Waals surface area contributed by atoms with Crippen molar-refractivity contribution in [2.24, 2.45) is 0 Å². The predicted octanol–water partition coefficient (Wildman–Crippen LogP) is 16.1. The molecule has 4 aromatic heterocycles. The highest BCUT2D eigenvalue weighted by molar-refractivity contribution is 7.86. The molecule has 1 atom stereocenters. The van der Waals surface area contributed by atoms with Crippen molar-refractivity contribution in [2.75, 3.05) is 0 Å². The van der Waals surface area contributed by atoms with Crippen molar-refractivity contribution >= 4 is 78.4 Å². The third-order valence-electron chi connectivity index (χ3n) is 15.5. The van der Waals surface area contributed by atoms with Crippen LogP contribution in [0.3, 0.4) is 0 Å². The summed E-state index contributed by atoms with van der Waals surface area (Å²) in [6, 6.07) is 91.8. The molecule has 0 aliphatic carbocycles. The van der Waals surface area contributed by atoms with Crippen LogP contribution >= 0.6 is 14.3 Å². The molecule has 14 rings (SSSR count). The quantitative estimate of drug-likeness (QED) is 0.0838. The number of benzene rings is 10. The zero-order valence-electron chi connectivity index (χ0n) is 44.8. The molecule has 0 N–H and O–H groups in total. The van der Waals surface area contributed by atoms with Gasteiger partial charge in [-0.3, -0.25) is 19.9 Å². The lowest BCUT2D eigenvalue weighted by atomic mass is 9.90. The Morgan fingerprint density at radius 2 is 0.639 bits per heavy atom. The molecule has 4 heterocycles. The van der Waals surface area contributed by atoms with E-state index in [9.17, 15) is 0 Å². The highest BCUT2D eigenvalue weighted by atomic mass is 31.2. The molecule has 14 aromatic rings. The molecule has 0 saturated carbocycles. The number of para-hydroxylation sites is 2. The molecule has 0 saturated heterocycles. The third-order valence-corrected chi connectivity index (χ3v) is 21.7. The Bertz CT molecular complexity index is 4730. The van der Waals surface area contributed by atoms with Gasteiger partial charge in [0.25, 0.3) is 0 Å². The van der Waals surface area contributed by atoms with Gasteiger partial charge in [0.05, 0.1) is 33.4 Å². The molecule has 0 aliphatic heterocycles. The van der Waals surface area contributed by atoms with Crippen LogP contribution in [0.1, 0.15) is 0 Å². The molecule has 394 valence electrons. The molecule has 0 radical (unpaired) electrons. The van der Waals surface area contributed by atoms with E-state index in [1.54, 1.807) is 12.4 Å². The number of nitrogens with zero attached hydrogens (tertiary/aromatic N) is 4. The molecule has 83 heavy (non-hydrogen) atoms. The first-order valence-electron chi connectivity index (χ1n) is 27.4. The Morgan fingerprint density at radius 3 is 1.12 bits per heavy atom. The molecule has 0 amide bonds. The van der Waals surface area contributed by atoms with Gasteiger partial charge >= 0.3 is 0 Å². The lowest BCUT2D eigenvalue weighted by Crippen LogP contribution is -2.27. The lowest BCUT2D eigenvalue weighted by molar-refractivity contribution is 0.489. The zero-order valence-corrected chi connectivity index (χ0v) is 46.6. The fourth-order valence-electron chi connectivity index (χ4n) is 11.4. The van der Waals surface area contributed by atoms with E-state index in [0.29, 0.717) is 43.3 Å². The van der Waals surface area contributed by atoms with E-state index in [2.05, 4.69) is 77.8 Å². The molecular formula is C74H50N4O3P2. The number of rotatable bonds is 13. The van der Waals surface area contributed by atoms with Gasteiger partial charge < -0.3 is 13.9 Å². The number of pyridine rings is 4. The fourth-order valence-corrected chi connectivity index (χ4v) is 16.9. The van der Waals surface area contributed by atoms with Crippen molar-refractivity contribution in [3.63, 3.8) is 0 Å². The standard InChI is InChI=1S/C74H50N4O3P2/c79-82(57-18-4-1-5-19-57,58-20-6-2-7-21-58)73-29-14-12-27-71(73)81-72-28-13-15-30-74(72)83(80,59-22-8-3-9-23-59)60-37-31-51(32-38-60)54-43-45-76-70(48-54)69-42-36-56(50-78-69)53-34-40-64-63-39-33-52(46-65(63)61-24-10-11-25-62(61)66(64)47-53)55-35-41-68(77-49-55)67-26-16-17-44-75-67/h1-50H. The van der Waals surface area contributed by atoms with E-state index < -0.39 is 14.3 Å². The minimum atomic E-state index is -3.60. The Hall–Kier alpha value is -10.2. The van der Waals surface area contributed by atoms with Gasteiger partial charge in [-0.15, -0.1) is 0 Å². The van der Waals surface area contributed by atoms with Crippen LogP contribution in [0.4, 0.5) is 0 Å². The summed E-state index contributed by atoms with van der Waals surface area (Å²) >= 11 is 0. The maximum atomic E-state index is 16.3. The van der Waals surface area contributed by atoms with Gasteiger partial charge in [0, 0.05) is 57.1 Å². The minimum absolute atomic E-state index is 0.414. The van der Waals surface area contributed by atoms with Crippen LogP contribution in [0.15, 0.2) is 304 Å². The summed E-state index contributed by atoms with van der Waals surface area (Å²) in [5, 5.41) is 10.9. The van der Waals surface area contributed by atoms with Crippen molar-refractivity contribution in [3.05, 3.63) is 304 Å². The highest BCUT2D eigenvalue weighted by Gasteiger charge is 2.36. The number of hydrogen-bond acceptors (Lipinski definition) is 7. The van der Waals surface area contributed by atoms with Gasteiger partial charge in [0.1, 0.15) is 11.5 Å². The Balaban J connectivity index is 0.751. The summed E-state index contributed by atoms with van der Waals surface area (Å²) in [6.45, 7) is 0. The van der Waals surface area contributed by atoms with Crippen molar-refractivity contribution in [1.82, 2.24) is 19.9 Å². The van der Waals surface area contributed by atoms with Crippen molar-refractivity contribution in [3.8, 4) is 67.7 Å². The molecule has 1 unspecified atom stereocenters. The average molecular weight is 1110 g/mol. The van der Waals surface area contributed by atoms with E-state index in [0.717, 1.165) is 56.2 Å². The zero-order chi connectivity index (χ0) is 55.7. The second-order valence-corrected chi connectivity index (χ2v) is 25.9. The number of hydrogen-bond donors (Lipinski definition) is 0. The molecular weight excluding hydrogens is 1050 g/mol. The number of aromatic nitrogens is 4. The number of fused-ring (bicyclic) bond motifs is 6. The van der Waals surface area contributed by atoms with Crippen LogP contribution in [0.25, 0.3) is 88.5 Å². The monoisotopic (exact) mass is 1100 g/mol. The van der Waals surface area contributed by atoms with Crippen LogP contribution in [0.5, 0.6) is 11.5 Å². The Labute approximate surface area is 481 Å². The smallest absolute Gasteiger partial charge is 0.174 e. The van der Waals surface area contributed by atoms with Crippen LogP contribution < -0.4 is 36.6 Å². The van der Waals surface area contributed by atoms with Gasteiger partial charge in [-0.1, -0.05) is 206 Å². The highest BCUT2D eigenvalue weighted by Crippen LogP contribution is 2.49. The first-order valence-corrected chi connectivity index (χ1v) is 30.9. The van der Waals surface area contributed by atoms with E-state index in [-0.39, 0.29) is 0 Å². The molecule has 7 nitrogen and oxygen atoms in total. The molecule has 0 fully saturated rings. The second kappa shape index (κ2) is 21.7. The van der Waals surface area contributed by atoms with E-state index in [1.807, 2.05) is 219 Å². The van der Waals surface area contributed by atoms with E-state index in [1.165, 1.54) is 32.3 Å². The fraction of sp³-hybridized carbons (Fsp3) is 0. The molecule has 0 bridgehead atoms.